The molecule has 2 heterocycles. The summed E-state index contributed by atoms with van der Waals surface area (Å²) in [6.07, 6.45) is 5.65. The van der Waals surface area contributed by atoms with Crippen molar-refractivity contribution in [1.82, 2.24) is 21.0 Å². The fraction of sp³-hybridized carbons (Fsp3) is 0.167. The van der Waals surface area contributed by atoms with E-state index in [1.165, 1.54) is 25.3 Å². The molecule has 210 valence electrons. The Labute approximate surface area is 252 Å². The summed E-state index contributed by atoms with van der Waals surface area (Å²) in [6.45, 7) is 1.43. The summed E-state index contributed by atoms with van der Waals surface area (Å²) in [4.78, 5) is 16.9. The number of hydrazine groups is 2. The second-order valence-electron chi connectivity index (χ2n) is 10.5. The molecule has 1 aliphatic heterocycles. The van der Waals surface area contributed by atoms with Crippen LogP contribution in [0.25, 0.3) is 10.9 Å². The molecule has 0 radical (unpaired) electrons. The van der Waals surface area contributed by atoms with Crippen LogP contribution in [0.3, 0.4) is 0 Å². The number of fused-ring (bicyclic) bond motifs is 1. The maximum absolute atomic E-state index is 13.9. The number of pyridine rings is 1. The van der Waals surface area contributed by atoms with Crippen LogP contribution in [-0.2, 0) is 5.44 Å². The number of hydrogen-bond donors (Lipinski definition) is 4. The predicted molar refractivity (Wildman–Crippen MR) is 166 cm³/mol. The zero-order valence-electron chi connectivity index (χ0n) is 22.7. The van der Waals surface area contributed by atoms with E-state index in [0.29, 0.717) is 49.6 Å². The van der Waals surface area contributed by atoms with Crippen molar-refractivity contribution in [1.29, 1.82) is 5.26 Å². The molecular weight excluding hydrogens is 575 g/mol. The Morgan fingerprint density at radius 3 is 2.64 bits per heavy atom. The minimum atomic E-state index is -0.843. The van der Waals surface area contributed by atoms with Gasteiger partial charge in [-0.2, -0.15) is 5.26 Å². The van der Waals surface area contributed by atoms with E-state index in [-0.39, 0.29) is 17.2 Å². The first-order valence-electron chi connectivity index (χ1n) is 13.3. The first-order valence-corrected chi connectivity index (χ1v) is 14.1. The van der Waals surface area contributed by atoms with Gasteiger partial charge < -0.3 is 16.1 Å². The molecule has 0 bridgehead atoms. The van der Waals surface area contributed by atoms with E-state index < -0.39 is 5.44 Å². The van der Waals surface area contributed by atoms with Crippen molar-refractivity contribution < 1.29 is 9.18 Å². The van der Waals surface area contributed by atoms with E-state index in [1.807, 2.05) is 25.1 Å². The van der Waals surface area contributed by atoms with E-state index in [4.69, 9.17) is 23.2 Å². The van der Waals surface area contributed by atoms with Gasteiger partial charge in [0.05, 0.1) is 49.2 Å². The lowest BCUT2D eigenvalue weighted by Gasteiger charge is -2.34. The molecule has 4 N–H and O–H groups in total. The van der Waals surface area contributed by atoms with Crippen LogP contribution >= 0.6 is 23.2 Å². The lowest BCUT2D eigenvalue weighted by molar-refractivity contribution is 0.101. The lowest BCUT2D eigenvalue weighted by atomic mass is 9.69. The van der Waals surface area contributed by atoms with Crippen molar-refractivity contribution >= 4 is 64.8 Å². The van der Waals surface area contributed by atoms with E-state index in [0.717, 1.165) is 24.1 Å². The first kappa shape index (κ1) is 27.9. The number of halogens is 3. The number of hydrogen-bond acceptors (Lipinski definition) is 8. The molecule has 1 aliphatic carbocycles. The highest BCUT2D eigenvalue weighted by atomic mass is 35.5. The van der Waals surface area contributed by atoms with E-state index in [1.54, 1.807) is 36.4 Å². The Balaban J connectivity index is 1.48. The van der Waals surface area contributed by atoms with Crippen molar-refractivity contribution in [3.05, 3.63) is 105 Å². The normalized spacial score (nSPS) is 15.9. The summed E-state index contributed by atoms with van der Waals surface area (Å²) in [5, 5.41) is 20.1. The fourth-order valence-corrected chi connectivity index (χ4v) is 5.75. The molecular formula is C30H25BCl2FN7O. The van der Waals surface area contributed by atoms with Crippen LogP contribution in [0.1, 0.15) is 41.3 Å². The average molecular weight is 600 g/mol. The van der Waals surface area contributed by atoms with E-state index >= 15 is 0 Å². The highest BCUT2D eigenvalue weighted by Gasteiger charge is 2.38. The zero-order valence-corrected chi connectivity index (χ0v) is 24.2. The molecule has 1 saturated carbocycles. The Morgan fingerprint density at radius 1 is 1.19 bits per heavy atom. The van der Waals surface area contributed by atoms with Crippen LogP contribution in [0, 0.1) is 17.1 Å². The van der Waals surface area contributed by atoms with Crippen LogP contribution < -0.4 is 21.6 Å². The molecule has 0 amide bonds. The number of carbonyl (C=O) groups excluding carboxylic acids is 1. The van der Waals surface area contributed by atoms with Crippen LogP contribution in [0.2, 0.25) is 10.0 Å². The van der Waals surface area contributed by atoms with Gasteiger partial charge in [0.25, 0.3) is 0 Å². The number of anilines is 3. The minimum Gasteiger partial charge on any atom is -0.378 e. The Hall–Kier alpha value is -4.30. The van der Waals surface area contributed by atoms with Gasteiger partial charge in [-0.25, -0.2) is 4.39 Å². The van der Waals surface area contributed by atoms with Gasteiger partial charge in [-0.05, 0) is 61.7 Å². The smallest absolute Gasteiger partial charge is 0.163 e. The number of benzene rings is 3. The summed E-state index contributed by atoms with van der Waals surface area (Å²) in [7, 11) is 1.99. The van der Waals surface area contributed by atoms with Crippen molar-refractivity contribution in [2.75, 3.05) is 10.6 Å². The number of nitrogens with zero attached hydrogens (tertiary/aromatic N) is 3. The van der Waals surface area contributed by atoms with Gasteiger partial charge in [-0.15, -0.1) is 5.53 Å². The van der Waals surface area contributed by atoms with Gasteiger partial charge in [0, 0.05) is 29.5 Å². The monoisotopic (exact) mass is 599 g/mol. The summed E-state index contributed by atoms with van der Waals surface area (Å²) in [5.41, 5.74) is 9.83. The molecule has 1 unspecified atom stereocenters. The predicted octanol–water partition coefficient (Wildman–Crippen LogP) is 5.73. The summed E-state index contributed by atoms with van der Waals surface area (Å²) in [6, 6.07) is 17.6. The van der Waals surface area contributed by atoms with Crippen LogP contribution in [0.4, 0.5) is 21.5 Å². The standard InChI is InChI=1S/C30H25BCl2FN7O/c1-16(42)27-23(32)3-2-4-25(27)37-28-17(13-35)14-36-29-22(28)11-20(12-24(29)33)38-30(31,18-5-7-19(34)8-6-18)26-15-41(40-39-26)21-9-10-21/h2-8,11-12,14-15,21,38-40H,9-10,31H2,1H3,(H,36,37). The second kappa shape index (κ2) is 10.8. The molecule has 0 saturated heterocycles. The van der Waals surface area contributed by atoms with Gasteiger partial charge >= 0.3 is 0 Å². The fourth-order valence-electron chi connectivity index (χ4n) is 5.17. The molecule has 1 fully saturated rings. The summed E-state index contributed by atoms with van der Waals surface area (Å²) in [5.74, 6) is -0.556. The van der Waals surface area contributed by atoms with Gasteiger partial charge in [0.15, 0.2) is 5.78 Å². The van der Waals surface area contributed by atoms with Gasteiger partial charge in [-0.3, -0.25) is 14.8 Å². The molecule has 6 rings (SSSR count). The molecule has 4 aromatic rings. The third-order valence-corrected chi connectivity index (χ3v) is 8.16. The Morgan fingerprint density at radius 2 is 1.95 bits per heavy atom. The summed E-state index contributed by atoms with van der Waals surface area (Å²) >= 11 is 13.1. The first-order chi connectivity index (χ1) is 20.2. The Kier molecular flexibility index (Phi) is 7.19. The van der Waals surface area contributed by atoms with Crippen molar-refractivity contribution in [2.24, 2.45) is 0 Å². The molecule has 1 aromatic heterocycles. The third-order valence-electron chi connectivity index (χ3n) is 7.55. The van der Waals surface area contributed by atoms with Crippen LogP contribution in [0.15, 0.2) is 72.7 Å². The maximum Gasteiger partial charge on any atom is 0.163 e. The molecule has 42 heavy (non-hydrogen) atoms. The van der Waals surface area contributed by atoms with Crippen LogP contribution in [0.5, 0.6) is 0 Å². The highest BCUT2D eigenvalue weighted by Crippen LogP contribution is 2.39. The topological polar surface area (TPSA) is 105 Å². The Bertz CT molecular complexity index is 1810. The molecule has 0 spiro atoms. The summed E-state index contributed by atoms with van der Waals surface area (Å²) < 4.78 is 13.9. The molecule has 8 nitrogen and oxygen atoms in total. The van der Waals surface area contributed by atoms with Gasteiger partial charge in [0.1, 0.15) is 19.7 Å². The second-order valence-corrected chi connectivity index (χ2v) is 11.3. The third kappa shape index (κ3) is 5.11. The average Bonchev–Trinajstić information content (AvgIpc) is 3.69. The molecule has 12 heteroatoms. The quantitative estimate of drug-likeness (QED) is 0.150. The number of carbonyl (C=O) groups is 1. The van der Waals surface area contributed by atoms with Crippen molar-refractivity contribution in [2.45, 2.75) is 31.2 Å². The van der Waals surface area contributed by atoms with E-state index in [2.05, 4.69) is 32.6 Å². The number of nitrogens with one attached hydrogen (secondary N) is 4. The minimum absolute atomic E-state index is 0.221. The number of Topliss-reactive ketones (excluding diaryl/α,β-unsaturated/α-hetero) is 1. The van der Waals surface area contributed by atoms with Gasteiger partial charge in [0.2, 0.25) is 0 Å². The molecule has 2 aliphatic rings. The lowest BCUT2D eigenvalue weighted by Crippen LogP contribution is -2.45. The van der Waals surface area contributed by atoms with Crippen molar-refractivity contribution in [3.8, 4) is 6.07 Å². The van der Waals surface area contributed by atoms with Crippen molar-refractivity contribution in [3.63, 3.8) is 0 Å². The number of aromatic nitrogens is 1. The number of ketones is 1. The zero-order chi connectivity index (χ0) is 29.6. The van der Waals surface area contributed by atoms with E-state index in [9.17, 15) is 14.4 Å². The maximum atomic E-state index is 13.9. The number of nitriles is 1. The highest BCUT2D eigenvalue weighted by molar-refractivity contribution is 6.36. The SMILES string of the molecule is BC(Nc1cc(Cl)c2ncc(C#N)c(Nc3cccc(Cl)c3C(C)=O)c2c1)(C1=CN(C2CC2)NN1)c1ccc(F)cc1. The molecule has 1 atom stereocenters. The van der Waals surface area contributed by atoms with Gasteiger partial charge in [-0.1, -0.05) is 41.4 Å². The largest absolute Gasteiger partial charge is 0.378 e. The number of rotatable bonds is 8. The molecule has 3 aromatic carbocycles. The van der Waals surface area contributed by atoms with Crippen LogP contribution in [-0.4, -0.2) is 29.7 Å².